The molecule has 4 aromatic rings. The van der Waals surface area contributed by atoms with Crippen molar-refractivity contribution < 1.29 is 99.4 Å². The van der Waals surface area contributed by atoms with Gasteiger partial charge in [0.25, 0.3) is 0 Å². The molecule has 12 atom stereocenters. The topological polar surface area (TPSA) is 354 Å². The van der Waals surface area contributed by atoms with Crippen LogP contribution in [0.3, 0.4) is 0 Å². The fourth-order valence-corrected chi connectivity index (χ4v) is 8.68. The number of aliphatic hydroxyl groups excluding tert-OH is 8. The third-order valence-electron chi connectivity index (χ3n) is 11.6. The van der Waals surface area contributed by atoms with Gasteiger partial charge >= 0.3 is 49.7 Å². The number of ether oxygens (including phenoxy) is 4. The van der Waals surface area contributed by atoms with E-state index in [1.165, 1.54) is 36.4 Å². The van der Waals surface area contributed by atoms with Crippen molar-refractivity contribution in [1.82, 2.24) is 0 Å². The molecular formula is C42H36CaO20. The largest absolute Gasteiger partial charge is 2.00 e. The molecule has 1 unspecified atom stereocenters. The number of benzene rings is 4. The molecule has 0 saturated carbocycles. The van der Waals surface area contributed by atoms with Crippen LogP contribution in [0.1, 0.15) is 86.6 Å². The normalized spacial score (nSPS) is 29.6. The maximum Gasteiger partial charge on any atom is 2.00 e. The van der Waals surface area contributed by atoms with Crippen molar-refractivity contribution in [3.8, 4) is 23.0 Å². The first-order chi connectivity index (χ1) is 29.5. The van der Waals surface area contributed by atoms with Crippen molar-refractivity contribution in [2.45, 2.75) is 73.2 Å². The zero-order chi connectivity index (χ0) is 44.6. The predicted molar refractivity (Wildman–Crippen MR) is 204 cm³/mol. The average Bonchev–Trinajstić information content (AvgIpc) is 3.24. The molecule has 20 nitrogen and oxygen atoms in total. The van der Waals surface area contributed by atoms with E-state index in [0.29, 0.717) is 12.1 Å². The monoisotopic (exact) mass is 900 g/mol. The predicted octanol–water partition coefficient (Wildman–Crippen LogP) is -2.74. The molecule has 326 valence electrons. The zero-order valence-corrected chi connectivity index (χ0v) is 34.6. The number of carbonyl (C=O) groups is 4. The van der Waals surface area contributed by atoms with Crippen LogP contribution in [0.4, 0.5) is 0 Å². The quantitative estimate of drug-likeness (QED) is 0.0762. The van der Waals surface area contributed by atoms with Crippen LogP contribution in [0.2, 0.25) is 0 Å². The third-order valence-corrected chi connectivity index (χ3v) is 11.6. The van der Waals surface area contributed by atoms with Gasteiger partial charge in [-0.3, -0.25) is 9.59 Å². The Bertz CT molecular complexity index is 2330. The van der Waals surface area contributed by atoms with E-state index in [4.69, 9.17) is 18.9 Å². The Labute approximate surface area is 384 Å². The summed E-state index contributed by atoms with van der Waals surface area (Å²) in [5.74, 6) is -11.1. The summed E-state index contributed by atoms with van der Waals surface area (Å²) in [6.07, 6.45) is -17.9. The van der Waals surface area contributed by atoms with Gasteiger partial charge in [0.2, 0.25) is 12.6 Å². The van der Waals surface area contributed by atoms with Gasteiger partial charge in [0.1, 0.15) is 60.3 Å². The number of carboxylic acids is 2. The SMILES string of the molecule is O=C(O)c1cc([O-])c2c(c1)C([C@H]1c3cc(C(=O)O)cc([O-])c3C(=O)c3c(O[C@@H]4O[C@H](CO)[C@@H](O)[C@H](O)[C@H]4O)cccc31)c1cccc(O[C@@H]3O[C@H](CO)[C@@H](O)[C@H](O)[C@H]3O)c1C2=O.[Ca+2]. The second-order valence-electron chi connectivity index (χ2n) is 15.2. The summed E-state index contributed by atoms with van der Waals surface area (Å²) in [6, 6.07) is 11.4. The molecule has 63 heavy (non-hydrogen) atoms. The van der Waals surface area contributed by atoms with Crippen molar-refractivity contribution in [2.75, 3.05) is 13.2 Å². The van der Waals surface area contributed by atoms with Crippen LogP contribution in [0.25, 0.3) is 0 Å². The second kappa shape index (κ2) is 17.7. The smallest absolute Gasteiger partial charge is 0.872 e. The molecule has 2 heterocycles. The van der Waals surface area contributed by atoms with Gasteiger partial charge < -0.3 is 80.2 Å². The summed E-state index contributed by atoms with van der Waals surface area (Å²) in [6.45, 7) is -1.67. The van der Waals surface area contributed by atoms with Crippen LogP contribution in [-0.4, -0.2) is 187 Å². The van der Waals surface area contributed by atoms with Crippen LogP contribution >= 0.6 is 0 Å². The summed E-state index contributed by atoms with van der Waals surface area (Å²) < 4.78 is 22.9. The van der Waals surface area contributed by atoms with Gasteiger partial charge in [-0.25, -0.2) is 9.59 Å². The number of carboxylic acid groups (broad SMARTS) is 2. The minimum absolute atomic E-state index is 0. The molecule has 2 saturated heterocycles. The standard InChI is InChI=1S/C42H38O20.Ca/c43-11-23-31(47)35(51)37(53)41(61-23)59-21-5-1-3-15-25(17-7-13(39(55)56)9-19(45)27(17)33(49)29(15)21)26-16-4-2-6-22(60-42-38(54)36(52)32(48)24(12-44)62-42)30(16)34(50)28-18(26)8-14(40(57)58)10-20(28)46;/h1-10,23-26,31-32,35-38,41-48,51-54H,11-12H2,(H,55,56)(H,57,58);/q;+2/p-2/t23-,24-,25-,26?,31-,32-,35+,36+,37-,38-,41-,42-;/m1./s1. The Hall–Kier alpha value is -4.78. The number of aromatic carboxylic acids is 2. The van der Waals surface area contributed by atoms with Crippen molar-refractivity contribution in [2.24, 2.45) is 0 Å². The van der Waals surface area contributed by atoms with E-state index < -0.39 is 144 Å². The first-order valence-electron chi connectivity index (χ1n) is 18.9. The van der Waals surface area contributed by atoms with Gasteiger partial charge in [-0.2, -0.15) is 0 Å². The summed E-state index contributed by atoms with van der Waals surface area (Å²) in [7, 11) is 0. The summed E-state index contributed by atoms with van der Waals surface area (Å²) in [4.78, 5) is 54.1. The number of rotatable bonds is 9. The van der Waals surface area contributed by atoms with E-state index in [1.54, 1.807) is 0 Å². The van der Waals surface area contributed by atoms with Crippen LogP contribution < -0.4 is 19.7 Å². The van der Waals surface area contributed by atoms with E-state index in [1.807, 2.05) is 0 Å². The number of hydrogen-bond donors (Lipinski definition) is 10. The van der Waals surface area contributed by atoms with Crippen molar-refractivity contribution in [3.63, 3.8) is 0 Å². The maximum absolute atomic E-state index is 14.6. The molecule has 8 rings (SSSR count). The van der Waals surface area contributed by atoms with Crippen LogP contribution in [-0.2, 0) is 9.47 Å². The number of aliphatic hydroxyl groups is 8. The molecule has 4 aliphatic rings. The Morgan fingerprint density at radius 2 is 0.905 bits per heavy atom. The van der Waals surface area contributed by atoms with Crippen LogP contribution in [0, 0.1) is 0 Å². The maximum atomic E-state index is 14.6. The molecule has 21 heteroatoms. The van der Waals surface area contributed by atoms with Gasteiger partial charge in [0, 0.05) is 23.0 Å². The van der Waals surface area contributed by atoms with Crippen LogP contribution in [0.5, 0.6) is 23.0 Å². The van der Waals surface area contributed by atoms with Gasteiger partial charge in [0.15, 0.2) is 11.6 Å². The van der Waals surface area contributed by atoms with E-state index in [-0.39, 0.29) is 82.6 Å². The molecule has 0 radical (unpaired) electrons. The van der Waals surface area contributed by atoms with E-state index >= 15 is 0 Å². The first-order valence-corrected chi connectivity index (χ1v) is 18.9. The Morgan fingerprint density at radius 3 is 1.24 bits per heavy atom. The van der Waals surface area contributed by atoms with E-state index in [9.17, 15) is 80.5 Å². The van der Waals surface area contributed by atoms with Gasteiger partial charge in [0.05, 0.1) is 35.5 Å². The van der Waals surface area contributed by atoms with E-state index in [2.05, 4.69) is 0 Å². The van der Waals surface area contributed by atoms with E-state index in [0.717, 1.165) is 12.1 Å². The molecule has 0 bridgehead atoms. The van der Waals surface area contributed by atoms with Crippen molar-refractivity contribution >= 4 is 61.2 Å². The fourth-order valence-electron chi connectivity index (χ4n) is 8.68. The zero-order valence-electron chi connectivity index (χ0n) is 32.4. The van der Waals surface area contributed by atoms with Gasteiger partial charge in [-0.1, -0.05) is 47.9 Å². The molecule has 4 aromatic carbocycles. The Morgan fingerprint density at radius 1 is 0.540 bits per heavy atom. The molecule has 0 amide bonds. The summed E-state index contributed by atoms with van der Waals surface area (Å²) in [5.41, 5.74) is -3.65. The average molecular weight is 901 g/mol. The van der Waals surface area contributed by atoms with Crippen molar-refractivity contribution in [1.29, 1.82) is 0 Å². The first kappa shape index (κ1) is 46.2. The minimum Gasteiger partial charge on any atom is -0.872 e. The number of carbonyl (C=O) groups excluding carboxylic acids is 2. The molecule has 2 fully saturated rings. The molecule has 2 aliphatic heterocycles. The number of ketones is 2. The fraction of sp³-hybridized carbons (Fsp3) is 0.333. The van der Waals surface area contributed by atoms with Gasteiger partial charge in [-0.15, -0.1) is 0 Å². The van der Waals surface area contributed by atoms with Crippen LogP contribution in [0.15, 0.2) is 60.7 Å². The Balaban J connectivity index is 0.00000595. The summed E-state index contributed by atoms with van der Waals surface area (Å²) in [5, 5.41) is 131. The second-order valence-corrected chi connectivity index (χ2v) is 15.2. The number of hydrogen-bond acceptors (Lipinski definition) is 18. The number of fused-ring (bicyclic) bond motifs is 4. The molecule has 10 N–H and O–H groups in total. The molecular weight excluding hydrogens is 865 g/mol. The van der Waals surface area contributed by atoms with Gasteiger partial charge in [-0.05, 0) is 46.5 Å². The van der Waals surface area contributed by atoms with Crippen molar-refractivity contribution in [3.05, 3.63) is 116 Å². The third kappa shape index (κ3) is 7.63. The summed E-state index contributed by atoms with van der Waals surface area (Å²) >= 11 is 0. The minimum atomic E-state index is -1.96. The Kier molecular flexibility index (Phi) is 13.0. The molecule has 2 aliphatic carbocycles. The molecule has 0 aromatic heterocycles. The molecule has 0 spiro atoms.